The summed E-state index contributed by atoms with van der Waals surface area (Å²) in [6, 6.07) is 4.85. The zero-order valence-corrected chi connectivity index (χ0v) is 14.6. The average molecular weight is 374 g/mol. The molecule has 0 spiro atoms. The number of ether oxygens (including phenoxy) is 1. The molecule has 1 amide bonds. The van der Waals surface area contributed by atoms with Gasteiger partial charge >= 0.3 is 5.97 Å². The van der Waals surface area contributed by atoms with E-state index in [1.54, 1.807) is 25.2 Å². The SMILES string of the molecule is CNc1ncc(C(=O)O[C@@H](C)C(=O)Nc2cccc(Cl)c2Cl)s1. The number of nitrogens with one attached hydrogen (secondary N) is 2. The van der Waals surface area contributed by atoms with Crippen LogP contribution in [0.4, 0.5) is 10.8 Å². The van der Waals surface area contributed by atoms with Gasteiger partial charge in [-0.15, -0.1) is 0 Å². The van der Waals surface area contributed by atoms with Crippen LogP contribution < -0.4 is 10.6 Å². The Kier molecular flexibility index (Phi) is 5.81. The van der Waals surface area contributed by atoms with Crippen molar-refractivity contribution in [2.24, 2.45) is 0 Å². The molecule has 23 heavy (non-hydrogen) atoms. The normalized spacial score (nSPS) is 11.7. The highest BCUT2D eigenvalue weighted by Gasteiger charge is 2.21. The van der Waals surface area contributed by atoms with Crippen LogP contribution in [0.1, 0.15) is 16.6 Å². The summed E-state index contributed by atoms with van der Waals surface area (Å²) in [5.74, 6) is -1.13. The quantitative estimate of drug-likeness (QED) is 0.781. The Hall–Kier alpha value is -1.83. The van der Waals surface area contributed by atoms with Gasteiger partial charge in [0, 0.05) is 7.05 Å². The van der Waals surface area contributed by atoms with Gasteiger partial charge in [0.2, 0.25) is 0 Å². The van der Waals surface area contributed by atoms with E-state index in [1.165, 1.54) is 13.1 Å². The zero-order chi connectivity index (χ0) is 17.0. The van der Waals surface area contributed by atoms with Crippen molar-refractivity contribution in [2.45, 2.75) is 13.0 Å². The molecule has 9 heteroatoms. The molecule has 0 aliphatic heterocycles. The summed E-state index contributed by atoms with van der Waals surface area (Å²) in [5.41, 5.74) is 0.349. The maximum Gasteiger partial charge on any atom is 0.350 e. The number of carbonyl (C=O) groups excluding carboxylic acids is 2. The lowest BCUT2D eigenvalue weighted by Crippen LogP contribution is -2.29. The average Bonchev–Trinajstić information content (AvgIpc) is 3.00. The van der Waals surface area contributed by atoms with Gasteiger partial charge in [-0.1, -0.05) is 40.6 Å². The van der Waals surface area contributed by atoms with E-state index in [1.807, 2.05) is 0 Å². The summed E-state index contributed by atoms with van der Waals surface area (Å²) in [4.78, 5) is 28.3. The Labute approximate surface area is 146 Å². The second-order valence-electron chi connectivity index (χ2n) is 4.42. The van der Waals surface area contributed by atoms with Crippen molar-refractivity contribution < 1.29 is 14.3 Å². The third-order valence-electron chi connectivity index (χ3n) is 2.78. The molecule has 122 valence electrons. The summed E-state index contributed by atoms with van der Waals surface area (Å²) < 4.78 is 5.11. The highest BCUT2D eigenvalue weighted by atomic mass is 35.5. The van der Waals surface area contributed by atoms with Crippen molar-refractivity contribution in [1.29, 1.82) is 0 Å². The lowest BCUT2D eigenvalue weighted by molar-refractivity contribution is -0.123. The van der Waals surface area contributed by atoms with E-state index < -0.39 is 18.0 Å². The van der Waals surface area contributed by atoms with Crippen molar-refractivity contribution in [3.63, 3.8) is 0 Å². The van der Waals surface area contributed by atoms with Crippen LogP contribution >= 0.6 is 34.5 Å². The number of anilines is 2. The third-order valence-corrected chi connectivity index (χ3v) is 4.60. The van der Waals surface area contributed by atoms with Gasteiger partial charge in [-0.05, 0) is 19.1 Å². The van der Waals surface area contributed by atoms with Crippen LogP contribution in [-0.4, -0.2) is 30.0 Å². The molecule has 2 aromatic rings. The van der Waals surface area contributed by atoms with E-state index in [-0.39, 0.29) is 5.02 Å². The number of hydrogen-bond acceptors (Lipinski definition) is 6. The highest BCUT2D eigenvalue weighted by Crippen LogP contribution is 2.29. The maximum atomic E-state index is 12.1. The lowest BCUT2D eigenvalue weighted by Gasteiger charge is -2.14. The number of esters is 1. The Morgan fingerprint density at radius 3 is 2.74 bits per heavy atom. The van der Waals surface area contributed by atoms with Gasteiger partial charge in [0.25, 0.3) is 5.91 Å². The van der Waals surface area contributed by atoms with Crippen LogP contribution in [0.2, 0.25) is 10.0 Å². The first kappa shape index (κ1) is 17.5. The fraction of sp³-hybridized carbons (Fsp3) is 0.214. The van der Waals surface area contributed by atoms with Gasteiger partial charge in [0.1, 0.15) is 4.88 Å². The predicted octanol–water partition coefficient (Wildman–Crippen LogP) is 3.68. The first-order valence-electron chi connectivity index (χ1n) is 6.51. The molecular weight excluding hydrogens is 361 g/mol. The Bertz CT molecular complexity index is 736. The third kappa shape index (κ3) is 4.34. The van der Waals surface area contributed by atoms with Crippen LogP contribution in [0, 0.1) is 0 Å². The van der Waals surface area contributed by atoms with Crippen LogP contribution in [0.5, 0.6) is 0 Å². The van der Waals surface area contributed by atoms with Gasteiger partial charge in [-0.25, -0.2) is 9.78 Å². The van der Waals surface area contributed by atoms with Crippen molar-refractivity contribution in [3.8, 4) is 0 Å². The number of thiazole rings is 1. The molecule has 0 saturated carbocycles. The fourth-order valence-corrected chi connectivity index (χ4v) is 2.59. The van der Waals surface area contributed by atoms with E-state index >= 15 is 0 Å². The van der Waals surface area contributed by atoms with Crippen molar-refractivity contribution in [3.05, 3.63) is 39.3 Å². The summed E-state index contributed by atoms with van der Waals surface area (Å²) in [6.45, 7) is 1.46. The largest absolute Gasteiger partial charge is 0.448 e. The zero-order valence-electron chi connectivity index (χ0n) is 12.2. The Morgan fingerprint density at radius 2 is 2.09 bits per heavy atom. The number of halogens is 2. The number of nitrogens with zero attached hydrogens (tertiary/aromatic N) is 1. The smallest absolute Gasteiger partial charge is 0.350 e. The van der Waals surface area contributed by atoms with Gasteiger partial charge in [0.05, 0.1) is 21.9 Å². The number of carbonyl (C=O) groups is 2. The Balaban J connectivity index is 1.99. The number of amides is 1. The van der Waals surface area contributed by atoms with Gasteiger partial charge in [-0.2, -0.15) is 0 Å². The maximum absolute atomic E-state index is 12.1. The molecular formula is C14H13Cl2N3O3S. The molecule has 2 N–H and O–H groups in total. The van der Waals surface area contributed by atoms with Gasteiger partial charge in [0.15, 0.2) is 11.2 Å². The van der Waals surface area contributed by atoms with Crippen molar-refractivity contribution >= 4 is 57.2 Å². The topological polar surface area (TPSA) is 80.3 Å². The molecule has 0 aliphatic carbocycles. The van der Waals surface area contributed by atoms with Crippen LogP contribution in [-0.2, 0) is 9.53 Å². The fourth-order valence-electron chi connectivity index (χ4n) is 1.59. The molecule has 0 unspecified atom stereocenters. The highest BCUT2D eigenvalue weighted by molar-refractivity contribution is 7.17. The molecule has 6 nitrogen and oxygen atoms in total. The first-order valence-corrected chi connectivity index (χ1v) is 8.09. The van der Waals surface area contributed by atoms with Crippen molar-refractivity contribution in [1.82, 2.24) is 4.98 Å². The molecule has 0 aliphatic rings. The molecule has 2 rings (SSSR count). The number of hydrogen-bond donors (Lipinski definition) is 2. The standard InChI is InChI=1S/C14H13Cl2N3O3S/c1-7(22-13(21)10-6-18-14(17-2)23-10)12(20)19-9-5-3-4-8(15)11(9)16/h3-7H,1-2H3,(H,17,18)(H,19,20)/t7-/m0/s1. The summed E-state index contributed by atoms with van der Waals surface area (Å²) in [5, 5.41) is 6.51. The van der Waals surface area contributed by atoms with Crippen LogP contribution in [0.15, 0.2) is 24.4 Å². The molecule has 0 fully saturated rings. The lowest BCUT2D eigenvalue weighted by atomic mass is 10.3. The summed E-state index contributed by atoms with van der Waals surface area (Å²) in [6.07, 6.45) is 0.384. The minimum Gasteiger partial charge on any atom is -0.448 e. The summed E-state index contributed by atoms with van der Waals surface area (Å²) >= 11 is 13.0. The number of aromatic nitrogens is 1. The van der Waals surface area contributed by atoms with E-state index in [4.69, 9.17) is 27.9 Å². The van der Waals surface area contributed by atoms with Crippen molar-refractivity contribution in [2.75, 3.05) is 17.7 Å². The van der Waals surface area contributed by atoms with Gasteiger partial charge < -0.3 is 15.4 Å². The number of rotatable bonds is 5. The predicted molar refractivity (Wildman–Crippen MR) is 91.6 cm³/mol. The van der Waals surface area contributed by atoms with Gasteiger partial charge in [-0.3, -0.25) is 4.79 Å². The van der Waals surface area contributed by atoms with Crippen LogP contribution in [0.25, 0.3) is 0 Å². The molecule has 1 heterocycles. The molecule has 1 aromatic heterocycles. The molecule has 1 atom stereocenters. The van der Waals surface area contributed by atoms with E-state index in [0.717, 1.165) is 11.3 Å². The Morgan fingerprint density at radius 1 is 1.35 bits per heavy atom. The monoisotopic (exact) mass is 373 g/mol. The minimum absolute atomic E-state index is 0.224. The van der Waals surface area contributed by atoms with Crippen LogP contribution in [0.3, 0.4) is 0 Å². The minimum atomic E-state index is -1.00. The molecule has 0 saturated heterocycles. The van der Waals surface area contributed by atoms with E-state index in [2.05, 4.69) is 15.6 Å². The molecule has 0 bridgehead atoms. The second kappa shape index (κ2) is 7.63. The van der Waals surface area contributed by atoms with E-state index in [0.29, 0.717) is 20.7 Å². The molecule has 1 aromatic carbocycles. The second-order valence-corrected chi connectivity index (χ2v) is 6.23. The first-order chi connectivity index (χ1) is 10.9. The van der Waals surface area contributed by atoms with E-state index in [9.17, 15) is 9.59 Å². The number of benzene rings is 1. The molecule has 0 radical (unpaired) electrons. The summed E-state index contributed by atoms with van der Waals surface area (Å²) in [7, 11) is 1.69.